The van der Waals surface area contributed by atoms with Crippen molar-refractivity contribution in [2.75, 3.05) is 0 Å². The first-order valence-electron chi connectivity index (χ1n) is 23.1. The molecule has 0 spiro atoms. The summed E-state index contributed by atoms with van der Waals surface area (Å²) in [5.41, 5.74) is 16.0. The van der Waals surface area contributed by atoms with E-state index in [4.69, 9.17) is 9.98 Å². The predicted molar refractivity (Wildman–Crippen MR) is 266 cm³/mol. The van der Waals surface area contributed by atoms with Gasteiger partial charge in [0.1, 0.15) is 5.84 Å². The van der Waals surface area contributed by atoms with Crippen LogP contribution in [-0.2, 0) is 6.42 Å². The number of hydrogen-bond donors (Lipinski definition) is 0. The molecule has 0 amide bonds. The minimum atomic E-state index is -0.331. The SMILES string of the molecule is CC1=C(c2cc3ccccc3c3c2=CC(C)CC=3)CCC(C2=NC(C)(C3C=CC=C(c4ccccc4)C3)CC(c3ccc(-c4cc5c(c6ccccc46)C=CCC5)c(C)c3)=N2)C1. The van der Waals surface area contributed by atoms with E-state index in [0.29, 0.717) is 5.92 Å². The van der Waals surface area contributed by atoms with Crippen LogP contribution in [0.1, 0.15) is 99.1 Å². The van der Waals surface area contributed by atoms with Crippen LogP contribution in [0.3, 0.4) is 0 Å². The number of hydrogen-bond acceptors (Lipinski definition) is 2. The van der Waals surface area contributed by atoms with Crippen LogP contribution in [-0.4, -0.2) is 17.1 Å². The molecule has 2 heteroatoms. The molecule has 4 unspecified atom stereocenters. The molecule has 1 heterocycles. The average molecular weight is 805 g/mol. The summed E-state index contributed by atoms with van der Waals surface area (Å²) in [6, 6.07) is 40.9. The van der Waals surface area contributed by atoms with Gasteiger partial charge in [0.15, 0.2) is 0 Å². The number of nitrogens with zero attached hydrogens (tertiary/aromatic N) is 2. The van der Waals surface area contributed by atoms with E-state index in [2.05, 4.69) is 179 Å². The lowest BCUT2D eigenvalue weighted by Crippen LogP contribution is -2.40. The van der Waals surface area contributed by atoms with Crippen molar-refractivity contribution in [1.29, 1.82) is 0 Å². The zero-order valence-corrected chi connectivity index (χ0v) is 36.7. The zero-order chi connectivity index (χ0) is 42.0. The van der Waals surface area contributed by atoms with E-state index in [1.54, 1.807) is 0 Å². The first-order chi connectivity index (χ1) is 30.3. The Bertz CT molecular complexity index is 3130. The van der Waals surface area contributed by atoms with Crippen LogP contribution in [0, 0.1) is 24.7 Å². The van der Waals surface area contributed by atoms with Gasteiger partial charge in [-0.2, -0.15) is 0 Å². The minimum absolute atomic E-state index is 0.258. The monoisotopic (exact) mass is 804 g/mol. The van der Waals surface area contributed by atoms with Gasteiger partial charge in [-0.05, 0) is 177 Å². The van der Waals surface area contributed by atoms with E-state index in [-0.39, 0.29) is 17.4 Å². The molecule has 4 atom stereocenters. The Hall–Kier alpha value is -6.12. The van der Waals surface area contributed by atoms with E-state index in [1.807, 2.05) is 0 Å². The largest absolute Gasteiger partial charge is 0.263 e. The minimum Gasteiger partial charge on any atom is -0.263 e. The van der Waals surface area contributed by atoms with Crippen LogP contribution < -0.4 is 10.4 Å². The lowest BCUT2D eigenvalue weighted by atomic mass is 9.73. The number of rotatable bonds is 6. The van der Waals surface area contributed by atoms with Crippen LogP contribution in [0.2, 0.25) is 0 Å². The second kappa shape index (κ2) is 15.7. The summed E-state index contributed by atoms with van der Waals surface area (Å²) >= 11 is 0. The summed E-state index contributed by atoms with van der Waals surface area (Å²) < 4.78 is 0. The standard InChI is InChI=1S/C60H56N2/c1-38-25-28-54-51-22-11-9-18-44(51)36-57(55(54)31-38)49-30-27-46(33-40(49)3)59-61-58(37-60(4,62-59)47-20-14-19-42(34-47)41-15-6-5-7-16-41)45-26-29-48(39(2)32-45)56-35-43-17-8-10-21-50(43)52-23-12-13-24-53(52)56/h5-7,9-16,18-24,26,28-29,31-32,35-36,38,46-47H,8,17,25,27,30,33-34,37H2,1-4H3. The summed E-state index contributed by atoms with van der Waals surface area (Å²) in [4.78, 5) is 11.4. The third-order valence-electron chi connectivity index (χ3n) is 14.8. The van der Waals surface area contributed by atoms with Crippen LogP contribution in [0.5, 0.6) is 0 Å². The van der Waals surface area contributed by atoms with E-state index < -0.39 is 0 Å². The number of aryl methyl sites for hydroxylation is 2. The molecule has 0 fully saturated rings. The maximum Gasteiger partial charge on any atom is 0.127 e. The van der Waals surface area contributed by atoms with Crippen molar-refractivity contribution in [2.45, 2.75) is 84.6 Å². The molecule has 4 aliphatic carbocycles. The molecule has 0 radical (unpaired) electrons. The zero-order valence-electron chi connectivity index (χ0n) is 36.7. The van der Waals surface area contributed by atoms with Crippen LogP contribution in [0.15, 0.2) is 149 Å². The van der Waals surface area contributed by atoms with Gasteiger partial charge in [0.2, 0.25) is 0 Å². The lowest BCUT2D eigenvalue weighted by molar-refractivity contribution is 0.361. The highest BCUT2D eigenvalue weighted by Gasteiger charge is 2.40. The van der Waals surface area contributed by atoms with Crippen LogP contribution in [0.4, 0.5) is 0 Å². The molecule has 11 rings (SSSR count). The van der Waals surface area contributed by atoms with Gasteiger partial charge in [0.25, 0.3) is 0 Å². The lowest BCUT2D eigenvalue weighted by Gasteiger charge is -2.39. The van der Waals surface area contributed by atoms with Crippen LogP contribution >= 0.6 is 0 Å². The maximum atomic E-state index is 5.79. The molecule has 6 aromatic carbocycles. The molecule has 2 nitrogen and oxygen atoms in total. The second-order valence-corrected chi connectivity index (χ2v) is 19.1. The van der Waals surface area contributed by atoms with Gasteiger partial charge in [-0.25, -0.2) is 4.99 Å². The quantitative estimate of drug-likeness (QED) is 0.160. The third-order valence-corrected chi connectivity index (χ3v) is 14.8. The van der Waals surface area contributed by atoms with Crippen molar-refractivity contribution in [3.8, 4) is 11.1 Å². The Labute approximate surface area is 367 Å². The van der Waals surface area contributed by atoms with Gasteiger partial charge in [-0.1, -0.05) is 146 Å². The maximum absolute atomic E-state index is 5.79. The molecule has 6 aromatic rings. The van der Waals surface area contributed by atoms with Crippen molar-refractivity contribution < 1.29 is 0 Å². The Morgan fingerprint density at radius 3 is 2.37 bits per heavy atom. The van der Waals surface area contributed by atoms with Gasteiger partial charge < -0.3 is 0 Å². The van der Waals surface area contributed by atoms with Crippen LogP contribution in [0.25, 0.3) is 62.0 Å². The summed E-state index contributed by atoms with van der Waals surface area (Å²) in [6.07, 6.45) is 24.8. The smallest absolute Gasteiger partial charge is 0.127 e. The highest BCUT2D eigenvalue weighted by atomic mass is 15.0. The van der Waals surface area contributed by atoms with Gasteiger partial charge >= 0.3 is 0 Å². The van der Waals surface area contributed by atoms with Crippen molar-refractivity contribution in [3.63, 3.8) is 0 Å². The highest BCUT2D eigenvalue weighted by molar-refractivity contribution is 6.11. The van der Waals surface area contributed by atoms with E-state index in [0.717, 1.165) is 57.2 Å². The fourth-order valence-electron chi connectivity index (χ4n) is 11.5. The van der Waals surface area contributed by atoms with Gasteiger partial charge in [-0.15, -0.1) is 0 Å². The number of aliphatic imine (C=N–C) groups is 2. The molecule has 0 saturated carbocycles. The predicted octanol–water partition coefficient (Wildman–Crippen LogP) is 13.8. The van der Waals surface area contributed by atoms with Crippen molar-refractivity contribution in [3.05, 3.63) is 183 Å². The molecule has 1 aliphatic heterocycles. The first-order valence-corrected chi connectivity index (χ1v) is 23.1. The third kappa shape index (κ3) is 6.89. The van der Waals surface area contributed by atoms with Crippen molar-refractivity contribution in [2.24, 2.45) is 27.7 Å². The van der Waals surface area contributed by atoms with Gasteiger partial charge in [-0.3, -0.25) is 4.99 Å². The summed E-state index contributed by atoms with van der Waals surface area (Å²) in [5.74, 6) is 2.11. The topological polar surface area (TPSA) is 24.7 Å². The molecule has 5 aliphatic rings. The van der Waals surface area contributed by atoms with Gasteiger partial charge in [0.05, 0.1) is 11.3 Å². The number of fused-ring (bicyclic) bond motifs is 6. The summed E-state index contributed by atoms with van der Waals surface area (Å²) in [7, 11) is 0. The second-order valence-electron chi connectivity index (χ2n) is 19.1. The number of amidine groups is 1. The fraction of sp³-hybridized carbons (Fsp3) is 0.267. The summed E-state index contributed by atoms with van der Waals surface area (Å²) in [5, 5.41) is 8.24. The number of allylic oxidation sites excluding steroid dienone is 6. The fourth-order valence-corrected chi connectivity index (χ4v) is 11.5. The molecule has 0 aromatic heterocycles. The highest BCUT2D eigenvalue weighted by Crippen LogP contribution is 2.44. The molecule has 0 bridgehead atoms. The first kappa shape index (κ1) is 38.8. The molecule has 306 valence electrons. The summed E-state index contributed by atoms with van der Waals surface area (Å²) in [6.45, 7) is 9.44. The van der Waals surface area contributed by atoms with Crippen molar-refractivity contribution in [1.82, 2.24) is 0 Å². The molecule has 0 N–H and O–H groups in total. The molecular weight excluding hydrogens is 749 g/mol. The Morgan fingerprint density at radius 2 is 1.53 bits per heavy atom. The van der Waals surface area contributed by atoms with E-state index in [1.165, 1.54) is 98.9 Å². The van der Waals surface area contributed by atoms with E-state index in [9.17, 15) is 0 Å². The molecular formula is C60H56N2. The molecule has 0 saturated heterocycles. The Morgan fingerprint density at radius 1 is 0.726 bits per heavy atom. The van der Waals surface area contributed by atoms with Crippen molar-refractivity contribution >= 4 is 62.5 Å². The Balaban J connectivity index is 0.980. The van der Waals surface area contributed by atoms with Gasteiger partial charge in [0, 0.05) is 18.3 Å². The molecule has 62 heavy (non-hydrogen) atoms. The average Bonchev–Trinajstić information content (AvgIpc) is 3.31. The number of benzene rings is 6. The van der Waals surface area contributed by atoms with E-state index >= 15 is 0 Å². The normalized spacial score (nSPS) is 23.2. The Kier molecular flexibility index (Phi) is 9.79.